The van der Waals surface area contributed by atoms with Gasteiger partial charge < -0.3 is 10.1 Å². The molecule has 2 N–H and O–H groups in total. The summed E-state index contributed by atoms with van der Waals surface area (Å²) in [6.45, 7) is 0. The Bertz CT molecular complexity index is 1100. The van der Waals surface area contributed by atoms with Crippen LogP contribution in [0.2, 0.25) is 5.02 Å². The second kappa shape index (κ2) is 8.98. The minimum atomic E-state index is -3.80. The highest BCUT2D eigenvalue weighted by Crippen LogP contribution is 2.26. The molecular weight excluding hydrogens is 412 g/mol. The lowest BCUT2D eigenvalue weighted by Crippen LogP contribution is -2.15. The number of ether oxygens (including phenoxy) is 1. The summed E-state index contributed by atoms with van der Waals surface area (Å²) < 4.78 is 32.9. The first-order chi connectivity index (χ1) is 13.9. The monoisotopic (exact) mass is 430 g/mol. The largest absolute Gasteiger partial charge is 0.495 e. The normalized spacial score (nSPS) is 11.0. The van der Waals surface area contributed by atoms with Gasteiger partial charge in [0.25, 0.3) is 10.0 Å². The van der Waals surface area contributed by atoms with Crippen LogP contribution < -0.4 is 14.8 Å². The Morgan fingerprint density at radius 1 is 0.966 bits per heavy atom. The van der Waals surface area contributed by atoms with E-state index in [-0.39, 0.29) is 17.2 Å². The average Bonchev–Trinajstić information content (AvgIpc) is 2.70. The SMILES string of the molecule is COc1ccccc1NS(=O)(=O)c1ccc(NC(=O)Cc2ccc(Cl)cc2)cc1. The highest BCUT2D eigenvalue weighted by atomic mass is 35.5. The van der Waals surface area contributed by atoms with E-state index in [1.54, 1.807) is 48.5 Å². The first-order valence-electron chi connectivity index (χ1n) is 8.67. The number of carbonyl (C=O) groups is 1. The number of nitrogens with one attached hydrogen (secondary N) is 2. The van der Waals surface area contributed by atoms with E-state index in [1.165, 1.54) is 31.4 Å². The third-order valence-corrected chi connectivity index (χ3v) is 5.71. The van der Waals surface area contributed by atoms with Gasteiger partial charge in [-0.2, -0.15) is 0 Å². The predicted molar refractivity (Wildman–Crippen MR) is 114 cm³/mol. The van der Waals surface area contributed by atoms with E-state index in [2.05, 4.69) is 10.0 Å². The fraction of sp³-hybridized carbons (Fsp3) is 0.0952. The van der Waals surface area contributed by atoms with Crippen molar-refractivity contribution in [2.75, 3.05) is 17.1 Å². The van der Waals surface area contributed by atoms with Crippen LogP contribution in [0.4, 0.5) is 11.4 Å². The second-order valence-electron chi connectivity index (χ2n) is 6.18. The predicted octanol–water partition coefficient (Wildman–Crippen LogP) is 4.33. The molecule has 0 heterocycles. The molecule has 3 aromatic carbocycles. The molecule has 0 unspecified atom stereocenters. The Balaban J connectivity index is 1.67. The van der Waals surface area contributed by atoms with E-state index in [9.17, 15) is 13.2 Å². The average molecular weight is 431 g/mol. The van der Waals surface area contributed by atoms with Crippen LogP contribution in [-0.4, -0.2) is 21.4 Å². The standard InChI is InChI=1S/C21H19ClN2O4S/c1-28-20-5-3-2-4-19(20)24-29(26,27)18-12-10-17(11-13-18)23-21(25)14-15-6-8-16(22)9-7-15/h2-13,24H,14H2,1H3,(H,23,25). The first-order valence-corrected chi connectivity index (χ1v) is 10.5. The van der Waals surface area contributed by atoms with Crippen molar-refractivity contribution in [3.63, 3.8) is 0 Å². The van der Waals surface area contributed by atoms with Gasteiger partial charge >= 0.3 is 0 Å². The fourth-order valence-corrected chi connectivity index (χ4v) is 3.84. The van der Waals surface area contributed by atoms with Gasteiger partial charge in [0.1, 0.15) is 5.75 Å². The van der Waals surface area contributed by atoms with Crippen molar-refractivity contribution in [1.82, 2.24) is 0 Å². The molecule has 29 heavy (non-hydrogen) atoms. The van der Waals surface area contributed by atoms with Gasteiger partial charge in [-0.1, -0.05) is 35.9 Å². The summed E-state index contributed by atoms with van der Waals surface area (Å²) in [6.07, 6.45) is 0.187. The maximum absolute atomic E-state index is 12.6. The summed E-state index contributed by atoms with van der Waals surface area (Å²) >= 11 is 5.84. The Labute approximate surface area is 174 Å². The second-order valence-corrected chi connectivity index (χ2v) is 8.30. The van der Waals surface area contributed by atoms with Crippen molar-refractivity contribution < 1.29 is 17.9 Å². The number of methoxy groups -OCH3 is 1. The van der Waals surface area contributed by atoms with Gasteiger partial charge in [0, 0.05) is 10.7 Å². The molecular formula is C21H19ClN2O4S. The molecule has 0 spiro atoms. The molecule has 1 amide bonds. The Hall–Kier alpha value is -3.03. The van der Waals surface area contributed by atoms with Crippen molar-refractivity contribution >= 4 is 38.9 Å². The van der Waals surface area contributed by atoms with Crippen LogP contribution in [0.3, 0.4) is 0 Å². The highest BCUT2D eigenvalue weighted by molar-refractivity contribution is 7.92. The molecule has 3 rings (SSSR count). The summed E-state index contributed by atoms with van der Waals surface area (Å²) in [5, 5.41) is 3.35. The summed E-state index contributed by atoms with van der Waals surface area (Å²) in [5.74, 6) is 0.206. The molecule has 0 saturated heterocycles. The minimum absolute atomic E-state index is 0.0686. The lowest BCUT2D eigenvalue weighted by atomic mass is 10.1. The summed E-state index contributed by atoms with van der Waals surface area (Å²) in [6, 6.07) is 19.7. The number of carbonyl (C=O) groups excluding carboxylic acids is 1. The number of benzene rings is 3. The Morgan fingerprint density at radius 3 is 2.28 bits per heavy atom. The zero-order chi connectivity index (χ0) is 20.9. The molecule has 0 atom stereocenters. The van der Waals surface area contributed by atoms with E-state index in [0.29, 0.717) is 22.1 Å². The van der Waals surface area contributed by atoms with Gasteiger partial charge in [-0.15, -0.1) is 0 Å². The number of hydrogen-bond donors (Lipinski definition) is 2. The molecule has 0 bridgehead atoms. The number of anilines is 2. The van der Waals surface area contributed by atoms with Crippen LogP contribution in [0, 0.1) is 0 Å². The quantitative estimate of drug-likeness (QED) is 0.584. The number of rotatable bonds is 7. The third-order valence-electron chi connectivity index (χ3n) is 4.08. The van der Waals surface area contributed by atoms with Crippen LogP contribution >= 0.6 is 11.6 Å². The highest BCUT2D eigenvalue weighted by Gasteiger charge is 2.16. The summed E-state index contributed by atoms with van der Waals surface area (Å²) in [5.41, 5.74) is 1.67. The number of sulfonamides is 1. The van der Waals surface area contributed by atoms with Crippen LogP contribution in [0.25, 0.3) is 0 Å². The molecule has 8 heteroatoms. The van der Waals surface area contributed by atoms with Crippen molar-refractivity contribution in [1.29, 1.82) is 0 Å². The van der Waals surface area contributed by atoms with Gasteiger partial charge in [-0.3, -0.25) is 9.52 Å². The topological polar surface area (TPSA) is 84.5 Å². The Morgan fingerprint density at radius 2 is 1.62 bits per heavy atom. The Kier molecular flexibility index (Phi) is 6.41. The zero-order valence-corrected chi connectivity index (χ0v) is 17.1. The van der Waals surface area contributed by atoms with Gasteiger partial charge in [-0.05, 0) is 54.1 Å². The van der Waals surface area contributed by atoms with Gasteiger partial charge in [0.05, 0.1) is 24.1 Å². The van der Waals surface area contributed by atoms with Crippen LogP contribution in [0.5, 0.6) is 5.75 Å². The van der Waals surface area contributed by atoms with Crippen molar-refractivity contribution in [2.24, 2.45) is 0 Å². The van der Waals surface area contributed by atoms with Crippen molar-refractivity contribution in [3.8, 4) is 5.75 Å². The third kappa shape index (κ3) is 5.49. The maximum Gasteiger partial charge on any atom is 0.262 e. The summed E-state index contributed by atoms with van der Waals surface area (Å²) in [7, 11) is -2.33. The van der Waals surface area contributed by atoms with Crippen LogP contribution in [-0.2, 0) is 21.2 Å². The van der Waals surface area contributed by atoms with Crippen molar-refractivity contribution in [3.05, 3.63) is 83.4 Å². The smallest absolute Gasteiger partial charge is 0.262 e. The molecule has 150 valence electrons. The fourth-order valence-electron chi connectivity index (χ4n) is 2.64. The van der Waals surface area contributed by atoms with E-state index in [0.717, 1.165) is 5.56 Å². The number of hydrogen-bond acceptors (Lipinski definition) is 4. The molecule has 0 aromatic heterocycles. The van der Waals surface area contributed by atoms with Crippen molar-refractivity contribution in [2.45, 2.75) is 11.3 Å². The molecule has 0 aliphatic rings. The molecule has 0 aliphatic heterocycles. The molecule has 0 radical (unpaired) electrons. The molecule has 0 saturated carbocycles. The van der Waals surface area contributed by atoms with Gasteiger partial charge in [-0.25, -0.2) is 8.42 Å². The molecule has 0 fully saturated rings. The van der Waals surface area contributed by atoms with Crippen LogP contribution in [0.1, 0.15) is 5.56 Å². The minimum Gasteiger partial charge on any atom is -0.495 e. The molecule has 0 aliphatic carbocycles. The zero-order valence-electron chi connectivity index (χ0n) is 15.6. The molecule has 6 nitrogen and oxygen atoms in total. The van der Waals surface area contributed by atoms with E-state index in [4.69, 9.17) is 16.3 Å². The van der Waals surface area contributed by atoms with E-state index in [1.807, 2.05) is 0 Å². The van der Waals surface area contributed by atoms with Gasteiger partial charge in [0.2, 0.25) is 5.91 Å². The maximum atomic E-state index is 12.6. The van der Waals surface area contributed by atoms with E-state index < -0.39 is 10.0 Å². The van der Waals surface area contributed by atoms with Crippen LogP contribution in [0.15, 0.2) is 77.7 Å². The lowest BCUT2D eigenvalue weighted by Gasteiger charge is -2.12. The first kappa shape index (κ1) is 20.7. The number of amides is 1. The summed E-state index contributed by atoms with van der Waals surface area (Å²) in [4.78, 5) is 12.2. The lowest BCUT2D eigenvalue weighted by molar-refractivity contribution is -0.115. The number of halogens is 1. The van der Waals surface area contributed by atoms with Gasteiger partial charge in [0.15, 0.2) is 0 Å². The molecule has 3 aromatic rings. The number of para-hydroxylation sites is 2. The van der Waals surface area contributed by atoms with E-state index >= 15 is 0 Å².